The zero-order valence-corrected chi connectivity index (χ0v) is 19.6. The number of alkyl halides is 3. The maximum absolute atomic E-state index is 13.1. The minimum Gasteiger partial charge on any atom is -0.308 e. The Labute approximate surface area is 202 Å². The molecule has 0 saturated heterocycles. The maximum Gasteiger partial charge on any atom is 0.416 e. The van der Waals surface area contributed by atoms with E-state index in [0.717, 1.165) is 60.1 Å². The van der Waals surface area contributed by atoms with E-state index in [1.165, 1.54) is 12.1 Å². The lowest BCUT2D eigenvalue weighted by atomic mass is 9.67. The van der Waals surface area contributed by atoms with Crippen LogP contribution in [0.15, 0.2) is 66.7 Å². The standard InChI is InChI=1S/C28H27F3N2O2/c1-3-27(4-2)15-14-20-16-19(10-13-24(20)25(27)34)18-8-11-22(12-9-18)32-26(35)33-23-7-5-6-21(17-23)28(29,30)31/h5-13,16-17H,3-4,14-15H2,1-2H3,(H2,32,33,35). The molecule has 1 aliphatic carbocycles. The van der Waals surface area contributed by atoms with Gasteiger partial charge in [-0.3, -0.25) is 4.79 Å². The van der Waals surface area contributed by atoms with Crippen molar-refractivity contribution in [3.8, 4) is 11.1 Å². The lowest BCUT2D eigenvalue weighted by Crippen LogP contribution is -2.35. The van der Waals surface area contributed by atoms with Gasteiger partial charge in [-0.15, -0.1) is 0 Å². The van der Waals surface area contributed by atoms with Crippen LogP contribution in [0.25, 0.3) is 11.1 Å². The number of carbonyl (C=O) groups excluding carboxylic acids is 2. The van der Waals surface area contributed by atoms with Gasteiger partial charge >= 0.3 is 12.2 Å². The summed E-state index contributed by atoms with van der Waals surface area (Å²) in [6, 6.07) is 16.9. The van der Waals surface area contributed by atoms with Gasteiger partial charge in [-0.25, -0.2) is 4.79 Å². The zero-order valence-electron chi connectivity index (χ0n) is 19.6. The Kier molecular flexibility index (Phi) is 6.70. The number of anilines is 2. The Morgan fingerprint density at radius 1 is 0.886 bits per heavy atom. The third kappa shape index (κ3) is 5.09. The average Bonchev–Trinajstić information content (AvgIpc) is 2.84. The number of amides is 2. The van der Waals surface area contributed by atoms with Crippen LogP contribution in [0, 0.1) is 5.41 Å². The predicted octanol–water partition coefficient (Wildman–Crippen LogP) is 7.95. The molecular weight excluding hydrogens is 453 g/mol. The summed E-state index contributed by atoms with van der Waals surface area (Å²) in [7, 11) is 0. The van der Waals surface area contributed by atoms with Crippen molar-refractivity contribution in [3.63, 3.8) is 0 Å². The second-order valence-electron chi connectivity index (χ2n) is 8.92. The molecule has 0 radical (unpaired) electrons. The number of aryl methyl sites for hydroxylation is 1. The molecule has 4 nitrogen and oxygen atoms in total. The fourth-order valence-corrected chi connectivity index (χ4v) is 4.71. The number of hydrogen-bond donors (Lipinski definition) is 2. The number of nitrogens with one attached hydrogen (secondary N) is 2. The van der Waals surface area contributed by atoms with Crippen molar-refractivity contribution in [2.75, 3.05) is 10.6 Å². The van der Waals surface area contributed by atoms with Gasteiger partial charge < -0.3 is 10.6 Å². The molecule has 3 aromatic rings. The molecule has 1 aliphatic rings. The molecule has 182 valence electrons. The normalized spacial score (nSPS) is 14.8. The summed E-state index contributed by atoms with van der Waals surface area (Å²) >= 11 is 0. The summed E-state index contributed by atoms with van der Waals surface area (Å²) < 4.78 is 38.6. The molecule has 0 unspecified atom stereocenters. The summed E-state index contributed by atoms with van der Waals surface area (Å²) in [4.78, 5) is 25.3. The highest BCUT2D eigenvalue weighted by molar-refractivity contribution is 6.03. The summed E-state index contributed by atoms with van der Waals surface area (Å²) in [5, 5.41) is 5.05. The van der Waals surface area contributed by atoms with Crippen molar-refractivity contribution in [2.24, 2.45) is 5.41 Å². The van der Waals surface area contributed by atoms with Gasteiger partial charge in [-0.1, -0.05) is 50.2 Å². The number of urea groups is 1. The van der Waals surface area contributed by atoms with Crippen LogP contribution in [0.5, 0.6) is 0 Å². The molecule has 0 saturated carbocycles. The monoisotopic (exact) mass is 480 g/mol. The Balaban J connectivity index is 1.44. The van der Waals surface area contributed by atoms with E-state index >= 15 is 0 Å². The van der Waals surface area contributed by atoms with Gasteiger partial charge in [-0.2, -0.15) is 13.2 Å². The molecule has 0 spiro atoms. The van der Waals surface area contributed by atoms with E-state index in [-0.39, 0.29) is 16.9 Å². The van der Waals surface area contributed by atoms with Crippen molar-refractivity contribution in [1.82, 2.24) is 0 Å². The van der Waals surface area contributed by atoms with E-state index in [1.54, 1.807) is 12.1 Å². The number of fused-ring (bicyclic) bond motifs is 1. The Morgan fingerprint density at radius 2 is 1.54 bits per heavy atom. The van der Waals surface area contributed by atoms with Gasteiger partial charge in [0.2, 0.25) is 0 Å². The fourth-order valence-electron chi connectivity index (χ4n) is 4.71. The van der Waals surface area contributed by atoms with Crippen molar-refractivity contribution < 1.29 is 22.8 Å². The first-order valence-corrected chi connectivity index (χ1v) is 11.7. The molecule has 0 fully saturated rings. The van der Waals surface area contributed by atoms with Crippen LogP contribution in [-0.4, -0.2) is 11.8 Å². The van der Waals surface area contributed by atoms with Gasteiger partial charge in [0.25, 0.3) is 0 Å². The molecule has 35 heavy (non-hydrogen) atoms. The van der Waals surface area contributed by atoms with Crippen LogP contribution in [0.3, 0.4) is 0 Å². The first-order valence-electron chi connectivity index (χ1n) is 11.7. The van der Waals surface area contributed by atoms with Crippen LogP contribution < -0.4 is 10.6 Å². The molecule has 2 amide bonds. The van der Waals surface area contributed by atoms with E-state index < -0.39 is 17.8 Å². The van der Waals surface area contributed by atoms with Crippen LogP contribution >= 0.6 is 0 Å². The first-order chi connectivity index (χ1) is 16.6. The number of ketones is 1. The molecule has 3 aromatic carbocycles. The molecule has 2 N–H and O–H groups in total. The zero-order chi connectivity index (χ0) is 25.2. The average molecular weight is 481 g/mol. The number of carbonyl (C=O) groups is 2. The largest absolute Gasteiger partial charge is 0.416 e. The number of hydrogen-bond acceptors (Lipinski definition) is 2. The summed E-state index contributed by atoms with van der Waals surface area (Å²) in [6.45, 7) is 4.16. The van der Waals surface area contributed by atoms with E-state index in [1.807, 2.05) is 24.3 Å². The van der Waals surface area contributed by atoms with Gasteiger partial charge in [-0.05, 0) is 72.7 Å². The van der Waals surface area contributed by atoms with E-state index in [4.69, 9.17) is 0 Å². The van der Waals surface area contributed by atoms with Crippen LogP contribution in [0.4, 0.5) is 29.3 Å². The second-order valence-corrected chi connectivity index (χ2v) is 8.92. The van der Waals surface area contributed by atoms with Crippen molar-refractivity contribution in [3.05, 3.63) is 83.4 Å². The number of halogens is 3. The maximum atomic E-state index is 13.1. The highest BCUT2D eigenvalue weighted by atomic mass is 19.4. The number of rotatable bonds is 5. The Hall–Kier alpha value is -3.61. The molecule has 0 aliphatic heterocycles. The van der Waals surface area contributed by atoms with Crippen molar-refractivity contribution >= 4 is 23.2 Å². The summed E-state index contributed by atoms with van der Waals surface area (Å²) in [5.41, 5.74) is 3.26. The Morgan fingerprint density at radius 3 is 2.20 bits per heavy atom. The van der Waals surface area contributed by atoms with E-state index in [2.05, 4.69) is 30.5 Å². The lowest BCUT2D eigenvalue weighted by Gasteiger charge is -2.35. The van der Waals surface area contributed by atoms with Crippen LogP contribution in [0.2, 0.25) is 0 Å². The number of Topliss-reactive ketones (excluding diaryl/α,β-unsaturated/α-hetero) is 1. The lowest BCUT2D eigenvalue weighted by molar-refractivity contribution is -0.137. The predicted molar refractivity (Wildman–Crippen MR) is 132 cm³/mol. The molecular formula is C28H27F3N2O2. The third-order valence-electron chi connectivity index (χ3n) is 6.98. The fraction of sp³-hybridized carbons (Fsp3) is 0.286. The summed E-state index contributed by atoms with van der Waals surface area (Å²) in [6.07, 6.45) is -1.06. The van der Waals surface area contributed by atoms with E-state index in [9.17, 15) is 22.8 Å². The molecule has 0 aromatic heterocycles. The van der Waals surface area contributed by atoms with Gasteiger partial charge in [0.1, 0.15) is 0 Å². The van der Waals surface area contributed by atoms with Gasteiger partial charge in [0.15, 0.2) is 5.78 Å². The van der Waals surface area contributed by atoms with Gasteiger partial charge in [0.05, 0.1) is 5.56 Å². The minimum atomic E-state index is -4.48. The van der Waals surface area contributed by atoms with Crippen molar-refractivity contribution in [2.45, 2.75) is 45.7 Å². The molecule has 0 atom stereocenters. The molecule has 7 heteroatoms. The SMILES string of the molecule is CCC1(CC)CCc2cc(-c3ccc(NC(=O)Nc4cccc(C(F)(F)F)c4)cc3)ccc2C1=O. The minimum absolute atomic E-state index is 0.0488. The summed E-state index contributed by atoms with van der Waals surface area (Å²) in [5.74, 6) is 0.238. The first kappa shape index (κ1) is 24.5. The second kappa shape index (κ2) is 9.56. The quantitative estimate of drug-likeness (QED) is 0.389. The van der Waals surface area contributed by atoms with Gasteiger partial charge in [0, 0.05) is 22.4 Å². The smallest absolute Gasteiger partial charge is 0.308 e. The van der Waals surface area contributed by atoms with Crippen LogP contribution in [0.1, 0.15) is 54.6 Å². The highest BCUT2D eigenvalue weighted by Gasteiger charge is 2.39. The number of benzene rings is 3. The van der Waals surface area contributed by atoms with Crippen molar-refractivity contribution in [1.29, 1.82) is 0 Å². The third-order valence-corrected chi connectivity index (χ3v) is 6.98. The molecule has 4 rings (SSSR count). The molecule has 0 bridgehead atoms. The molecule has 0 heterocycles. The van der Waals surface area contributed by atoms with Crippen LogP contribution in [-0.2, 0) is 12.6 Å². The van der Waals surface area contributed by atoms with E-state index in [0.29, 0.717) is 5.69 Å². The topological polar surface area (TPSA) is 58.2 Å². The Bertz CT molecular complexity index is 1250. The highest BCUT2D eigenvalue weighted by Crippen LogP contribution is 2.41.